The zero-order chi connectivity index (χ0) is 17.4. The summed E-state index contributed by atoms with van der Waals surface area (Å²) < 4.78 is 0. The summed E-state index contributed by atoms with van der Waals surface area (Å²) in [6, 6.07) is 7.63. The molecule has 0 spiro atoms. The van der Waals surface area contributed by atoms with Gasteiger partial charge in [-0.1, -0.05) is 12.1 Å². The quantitative estimate of drug-likeness (QED) is 0.679. The Kier molecular flexibility index (Phi) is 3.76. The van der Waals surface area contributed by atoms with Crippen LogP contribution in [0.4, 0.5) is 0 Å². The highest BCUT2D eigenvalue weighted by molar-refractivity contribution is 5.86. The Labute approximate surface area is 143 Å². The van der Waals surface area contributed by atoms with Crippen LogP contribution in [0.25, 0.3) is 10.9 Å². The number of benzene rings is 1. The molecule has 1 aliphatic heterocycles. The summed E-state index contributed by atoms with van der Waals surface area (Å²) >= 11 is 0. The molecule has 7 heteroatoms. The van der Waals surface area contributed by atoms with E-state index in [1.54, 1.807) is 11.2 Å². The number of fused-ring (bicyclic) bond motifs is 2. The molecule has 1 unspecified atom stereocenters. The van der Waals surface area contributed by atoms with Crippen molar-refractivity contribution in [3.63, 3.8) is 0 Å². The lowest BCUT2D eigenvalue weighted by Crippen LogP contribution is -2.41. The molecule has 3 aromatic rings. The Hall–Kier alpha value is -3.09. The number of carboxylic acid groups (broad SMARTS) is 1. The van der Waals surface area contributed by atoms with Gasteiger partial charge in [0.2, 0.25) is 5.91 Å². The summed E-state index contributed by atoms with van der Waals surface area (Å²) in [4.78, 5) is 36.1. The second kappa shape index (κ2) is 6.08. The van der Waals surface area contributed by atoms with E-state index in [-0.39, 0.29) is 24.8 Å². The van der Waals surface area contributed by atoms with Crippen molar-refractivity contribution in [3.05, 3.63) is 53.7 Å². The largest absolute Gasteiger partial charge is 0.481 e. The summed E-state index contributed by atoms with van der Waals surface area (Å²) in [6.45, 7) is 0.541. The molecule has 0 fully saturated rings. The molecule has 4 rings (SSSR count). The topological polar surface area (TPSA) is 102 Å². The number of aliphatic carboxylic acids is 1. The third-order valence-corrected chi connectivity index (χ3v) is 4.72. The first kappa shape index (κ1) is 15.4. The average Bonchev–Trinajstić information content (AvgIpc) is 3.27. The van der Waals surface area contributed by atoms with E-state index in [1.165, 1.54) is 0 Å². The van der Waals surface area contributed by atoms with Crippen LogP contribution in [0.15, 0.2) is 36.8 Å². The molecular formula is C18H18N4O3. The highest BCUT2D eigenvalue weighted by Gasteiger charge is 2.34. The van der Waals surface area contributed by atoms with Crippen LogP contribution >= 0.6 is 0 Å². The average molecular weight is 338 g/mol. The number of aromatic amines is 2. The zero-order valence-electron chi connectivity index (χ0n) is 13.5. The fourth-order valence-electron chi connectivity index (χ4n) is 3.57. The minimum atomic E-state index is -0.963. The summed E-state index contributed by atoms with van der Waals surface area (Å²) in [5, 5.41) is 9.93. The maximum atomic E-state index is 12.7. The van der Waals surface area contributed by atoms with Crippen LogP contribution in [-0.4, -0.2) is 43.4 Å². The van der Waals surface area contributed by atoms with Crippen molar-refractivity contribution < 1.29 is 14.7 Å². The van der Waals surface area contributed by atoms with Crippen molar-refractivity contribution in [1.82, 2.24) is 19.9 Å². The van der Waals surface area contributed by atoms with Crippen molar-refractivity contribution >= 4 is 22.8 Å². The van der Waals surface area contributed by atoms with E-state index >= 15 is 0 Å². The van der Waals surface area contributed by atoms with Gasteiger partial charge in [-0.25, -0.2) is 4.98 Å². The predicted molar refractivity (Wildman–Crippen MR) is 91.0 cm³/mol. The number of hydrogen-bond donors (Lipinski definition) is 3. The number of nitrogens with zero attached hydrogens (tertiary/aromatic N) is 2. The van der Waals surface area contributed by atoms with Crippen LogP contribution < -0.4 is 0 Å². The standard InChI is InChI=1S/C18H18N4O3/c23-15(4-5-16(24)25)22-9-7-14-17(21-10-20-14)18(22)12-2-1-3-13-11(12)6-8-19-13/h1-3,6,8,10,18-19H,4-5,7,9H2,(H,20,21)(H,24,25). The fraction of sp³-hybridized carbons (Fsp3) is 0.278. The van der Waals surface area contributed by atoms with Crippen molar-refractivity contribution in [1.29, 1.82) is 0 Å². The van der Waals surface area contributed by atoms with Crippen LogP contribution in [0, 0.1) is 0 Å². The molecular weight excluding hydrogens is 320 g/mol. The third-order valence-electron chi connectivity index (χ3n) is 4.72. The number of hydrogen-bond acceptors (Lipinski definition) is 3. The van der Waals surface area contributed by atoms with Gasteiger partial charge in [0.25, 0.3) is 0 Å². The fourth-order valence-corrected chi connectivity index (χ4v) is 3.57. The number of carbonyl (C=O) groups is 2. The molecule has 2 aromatic heterocycles. The summed E-state index contributed by atoms with van der Waals surface area (Å²) in [5.74, 6) is -1.12. The van der Waals surface area contributed by atoms with Gasteiger partial charge in [-0.05, 0) is 17.7 Å². The summed E-state index contributed by atoms with van der Waals surface area (Å²) in [5.41, 5.74) is 3.86. The van der Waals surface area contributed by atoms with Gasteiger partial charge in [-0.3, -0.25) is 9.59 Å². The molecule has 1 aliphatic rings. The summed E-state index contributed by atoms with van der Waals surface area (Å²) in [6.07, 6.45) is 4.05. The van der Waals surface area contributed by atoms with Gasteiger partial charge < -0.3 is 20.0 Å². The monoisotopic (exact) mass is 338 g/mol. The zero-order valence-corrected chi connectivity index (χ0v) is 13.5. The number of H-pyrrole nitrogens is 2. The van der Waals surface area contributed by atoms with Crippen LogP contribution in [0.2, 0.25) is 0 Å². The first-order valence-corrected chi connectivity index (χ1v) is 8.24. The molecule has 0 bridgehead atoms. The molecule has 25 heavy (non-hydrogen) atoms. The Morgan fingerprint density at radius 3 is 2.96 bits per heavy atom. The lowest BCUT2D eigenvalue weighted by Gasteiger charge is -2.35. The van der Waals surface area contributed by atoms with Gasteiger partial charge in [0, 0.05) is 42.2 Å². The van der Waals surface area contributed by atoms with E-state index in [4.69, 9.17) is 5.11 Å². The number of carbonyl (C=O) groups excluding carboxylic acids is 1. The summed E-state index contributed by atoms with van der Waals surface area (Å²) in [7, 11) is 0. The second-order valence-corrected chi connectivity index (χ2v) is 6.19. The molecule has 3 N–H and O–H groups in total. The van der Waals surface area contributed by atoms with Crippen LogP contribution in [0.1, 0.15) is 35.8 Å². The number of imidazole rings is 1. The first-order valence-electron chi connectivity index (χ1n) is 8.24. The van der Waals surface area contributed by atoms with Gasteiger partial charge in [0.05, 0.1) is 18.4 Å². The minimum absolute atomic E-state index is 0.00526. The van der Waals surface area contributed by atoms with Crippen molar-refractivity contribution in [3.8, 4) is 0 Å². The van der Waals surface area contributed by atoms with E-state index in [9.17, 15) is 9.59 Å². The molecule has 0 saturated heterocycles. The Bertz CT molecular complexity index is 943. The molecule has 1 aromatic carbocycles. The lowest BCUT2D eigenvalue weighted by molar-refractivity contribution is -0.141. The van der Waals surface area contributed by atoms with Crippen molar-refractivity contribution in [2.75, 3.05) is 6.54 Å². The number of aromatic nitrogens is 3. The number of nitrogens with one attached hydrogen (secondary N) is 2. The van der Waals surface area contributed by atoms with Gasteiger partial charge in [0.15, 0.2) is 0 Å². The second-order valence-electron chi connectivity index (χ2n) is 6.19. The van der Waals surface area contributed by atoms with Gasteiger partial charge in [0.1, 0.15) is 6.04 Å². The Morgan fingerprint density at radius 2 is 2.12 bits per heavy atom. The van der Waals surface area contributed by atoms with Gasteiger partial charge in [-0.15, -0.1) is 0 Å². The van der Waals surface area contributed by atoms with Gasteiger partial charge in [-0.2, -0.15) is 0 Å². The number of carboxylic acids is 1. The molecule has 7 nitrogen and oxygen atoms in total. The molecule has 128 valence electrons. The maximum absolute atomic E-state index is 12.7. The van der Waals surface area contributed by atoms with E-state index in [0.717, 1.165) is 27.9 Å². The van der Waals surface area contributed by atoms with E-state index in [0.29, 0.717) is 13.0 Å². The molecule has 0 saturated carbocycles. The van der Waals surface area contributed by atoms with Crippen LogP contribution in [0.3, 0.4) is 0 Å². The van der Waals surface area contributed by atoms with Crippen LogP contribution in [-0.2, 0) is 16.0 Å². The SMILES string of the molecule is O=C(O)CCC(=O)N1CCc2[nH]cnc2C1c1cccc2[nH]ccc12. The van der Waals surface area contributed by atoms with Gasteiger partial charge >= 0.3 is 5.97 Å². The van der Waals surface area contributed by atoms with E-state index < -0.39 is 5.97 Å². The smallest absolute Gasteiger partial charge is 0.303 e. The van der Waals surface area contributed by atoms with Crippen molar-refractivity contribution in [2.24, 2.45) is 0 Å². The maximum Gasteiger partial charge on any atom is 0.303 e. The molecule has 1 atom stereocenters. The van der Waals surface area contributed by atoms with Crippen molar-refractivity contribution in [2.45, 2.75) is 25.3 Å². The Balaban J connectivity index is 1.78. The lowest BCUT2D eigenvalue weighted by atomic mass is 9.93. The first-order chi connectivity index (χ1) is 12.1. The molecule has 1 amide bonds. The highest BCUT2D eigenvalue weighted by Crippen LogP contribution is 2.37. The Morgan fingerprint density at radius 1 is 1.24 bits per heavy atom. The highest BCUT2D eigenvalue weighted by atomic mass is 16.4. The molecule has 0 aliphatic carbocycles. The van der Waals surface area contributed by atoms with Crippen LogP contribution in [0.5, 0.6) is 0 Å². The van der Waals surface area contributed by atoms with E-state index in [2.05, 4.69) is 15.0 Å². The predicted octanol–water partition coefficient (Wildman–Crippen LogP) is 2.23. The minimum Gasteiger partial charge on any atom is -0.481 e. The normalized spacial score (nSPS) is 16.8. The third kappa shape index (κ3) is 2.67. The molecule has 3 heterocycles. The number of rotatable bonds is 4. The molecule has 0 radical (unpaired) electrons. The van der Waals surface area contributed by atoms with E-state index in [1.807, 2.05) is 30.5 Å². The number of amides is 1.